The number of carbonyl (C=O) groups is 9. The molecule has 2 aliphatic heterocycles. The molecule has 19 nitrogen and oxygen atoms in total. The zero-order valence-corrected chi connectivity index (χ0v) is 42.5. The third-order valence-electron chi connectivity index (χ3n) is 13.8. The summed E-state index contributed by atoms with van der Waals surface area (Å²) in [5.41, 5.74) is 8.38. The van der Waals surface area contributed by atoms with Gasteiger partial charge in [0.2, 0.25) is 53.2 Å². The highest BCUT2D eigenvalue weighted by molar-refractivity contribution is 5.99. The first-order chi connectivity index (χ1) is 36.2. The third kappa shape index (κ3) is 14.8. The topological polar surface area (TPSA) is 283 Å². The molecule has 4 aromatic carbocycles. The lowest BCUT2D eigenvalue weighted by Gasteiger charge is -2.38. The van der Waals surface area contributed by atoms with E-state index in [0.717, 1.165) is 27.2 Å². The van der Waals surface area contributed by atoms with E-state index in [1.165, 1.54) is 11.8 Å². The van der Waals surface area contributed by atoms with E-state index in [-0.39, 0.29) is 45.2 Å². The minimum absolute atomic E-state index is 0.0150. The van der Waals surface area contributed by atoms with Gasteiger partial charge < -0.3 is 52.8 Å². The van der Waals surface area contributed by atoms with Gasteiger partial charge in [-0.05, 0) is 78.5 Å². The van der Waals surface area contributed by atoms with Crippen LogP contribution in [0.25, 0.3) is 21.7 Å². The Morgan fingerprint density at radius 1 is 0.733 bits per heavy atom. The first-order valence-electron chi connectivity index (χ1n) is 25.9. The molecule has 3 heterocycles. The van der Waals surface area contributed by atoms with Crippen LogP contribution in [0.1, 0.15) is 101 Å². The lowest BCUT2D eigenvalue weighted by Crippen LogP contribution is -2.61. The highest BCUT2D eigenvalue weighted by Gasteiger charge is 2.40. The number of carbonyl (C=O) groups excluding carboxylic acids is 9. The van der Waals surface area contributed by atoms with Crippen LogP contribution in [0.2, 0.25) is 0 Å². The average molecular weight is 1030 g/mol. The van der Waals surface area contributed by atoms with E-state index < -0.39 is 102 Å². The molecule has 0 aliphatic carbocycles. The van der Waals surface area contributed by atoms with E-state index in [1.807, 2.05) is 73.7 Å². The van der Waals surface area contributed by atoms with Gasteiger partial charge in [-0.3, -0.25) is 43.2 Å². The van der Waals surface area contributed by atoms with Crippen LogP contribution in [0.4, 0.5) is 0 Å². The first kappa shape index (κ1) is 54.7. The van der Waals surface area contributed by atoms with Crippen LogP contribution in [0.15, 0.2) is 103 Å². The number of hydrogen-bond acceptors (Lipinski definition) is 9. The van der Waals surface area contributed by atoms with Crippen molar-refractivity contribution in [2.45, 2.75) is 133 Å². The number of aromatic nitrogens is 1. The molecule has 75 heavy (non-hydrogen) atoms. The Kier molecular flexibility index (Phi) is 19.1. The van der Waals surface area contributed by atoms with Gasteiger partial charge in [0, 0.05) is 50.0 Å². The monoisotopic (exact) mass is 1020 g/mol. The molecule has 2 aliphatic rings. The molecule has 1 aromatic heterocycles. The van der Waals surface area contributed by atoms with Crippen LogP contribution in [0, 0.1) is 0 Å². The Balaban J connectivity index is 1.27. The quantitative estimate of drug-likeness (QED) is 0.0887. The predicted octanol–water partition coefficient (Wildman–Crippen LogP) is 3.15. The Morgan fingerprint density at radius 3 is 2.21 bits per heavy atom. The number of nitrogens with one attached hydrogen (secondary N) is 8. The predicted molar refractivity (Wildman–Crippen MR) is 282 cm³/mol. The summed E-state index contributed by atoms with van der Waals surface area (Å²) in [6.45, 7) is 3.40. The minimum atomic E-state index is -1.55. The second-order valence-electron chi connectivity index (χ2n) is 19.4. The number of hydrogen-bond donors (Lipinski definition) is 9. The Hall–Kier alpha value is -8.09. The smallest absolute Gasteiger partial charge is 0.247 e. The maximum Gasteiger partial charge on any atom is 0.247 e. The molecule has 7 atom stereocenters. The van der Waals surface area contributed by atoms with Gasteiger partial charge in [-0.2, -0.15) is 0 Å². The van der Waals surface area contributed by atoms with Gasteiger partial charge in [0.1, 0.15) is 42.3 Å². The molecule has 19 heteroatoms. The number of rotatable bonds is 12. The number of nitrogens with zero attached hydrogens (tertiary/aromatic N) is 1. The number of unbranched alkanes of at least 4 members (excludes halogenated alkanes) is 1. The molecular weight excluding hydrogens is 957 g/mol. The summed E-state index contributed by atoms with van der Waals surface area (Å²) in [5.74, 6) is -6.19. The van der Waals surface area contributed by atoms with Gasteiger partial charge in [0.05, 0.1) is 6.42 Å². The van der Waals surface area contributed by atoms with E-state index >= 15 is 4.79 Å². The first-order valence-corrected chi connectivity index (χ1v) is 25.9. The summed E-state index contributed by atoms with van der Waals surface area (Å²) in [7, 11) is 0. The Labute approximate surface area is 435 Å². The molecule has 0 spiro atoms. The molecule has 5 aromatic rings. The van der Waals surface area contributed by atoms with Crippen molar-refractivity contribution in [2.24, 2.45) is 5.73 Å². The van der Waals surface area contributed by atoms with E-state index in [0.29, 0.717) is 49.7 Å². The summed E-state index contributed by atoms with van der Waals surface area (Å²) in [4.78, 5) is 131. The van der Waals surface area contributed by atoms with Crippen LogP contribution in [-0.2, 0) is 56.0 Å². The molecule has 0 radical (unpaired) electrons. The summed E-state index contributed by atoms with van der Waals surface area (Å²) in [5, 5.41) is 22.1. The maximum absolute atomic E-state index is 15.3. The van der Waals surface area contributed by atoms with E-state index in [4.69, 9.17) is 5.73 Å². The van der Waals surface area contributed by atoms with Gasteiger partial charge in [-0.1, -0.05) is 111 Å². The molecule has 396 valence electrons. The summed E-state index contributed by atoms with van der Waals surface area (Å²) >= 11 is 0. The molecule has 0 saturated carbocycles. The van der Waals surface area contributed by atoms with Crippen molar-refractivity contribution in [1.82, 2.24) is 47.1 Å². The fourth-order valence-electron chi connectivity index (χ4n) is 9.83. The molecule has 0 bridgehead atoms. The molecule has 2 fully saturated rings. The SMILES string of the molecule is CCCC[C@H](NC(C)=O)C(=O)N[C@H]1CC(=O)NCCCC[C@@H](C(N)=O)NC(=O)[C@H](Cc2c[nH]c3ccccc23)NC(=O)[C@@H]2CCCCN2C(=O)[C@@H](Cc2ccc3ccccc3c2)NC(=O)[C@H](c2ccccc2)NC1=O. The largest absolute Gasteiger partial charge is 0.368 e. The van der Waals surface area contributed by atoms with Crippen molar-refractivity contribution < 1.29 is 43.2 Å². The van der Waals surface area contributed by atoms with Crippen molar-refractivity contribution in [3.8, 4) is 0 Å². The summed E-state index contributed by atoms with van der Waals surface area (Å²) < 4.78 is 0. The second kappa shape index (κ2) is 26.2. The normalized spacial score (nSPS) is 22.3. The van der Waals surface area contributed by atoms with Crippen molar-refractivity contribution in [2.75, 3.05) is 13.1 Å². The molecule has 0 unspecified atom stereocenters. The fraction of sp³-hybridized carbons (Fsp3) is 0.411. The molecule has 9 amide bonds. The number of piperidine rings is 1. The van der Waals surface area contributed by atoms with E-state index in [2.05, 4.69) is 42.2 Å². The standard InChI is InChI=1S/C56H68N10O9/c1-3-4-21-43(60-34(2)67)51(70)62-45-32-48(68)58-27-14-12-23-42(50(57)69)61-52(71)44(31-39-33-59-41-22-11-10-20-40(39)41)63-54(73)47-24-13-15-28-66(47)56(75)46(30-35-25-26-36-16-8-9-19-38(36)29-35)64-55(74)49(65-53(45)72)37-17-6-5-7-18-37/h5-11,16-20,22,25-26,29,33,42-47,49,59H,3-4,12-15,21,23-24,27-28,30-32H2,1-2H3,(H2,57,69)(H,58,68)(H,60,67)(H,61,71)(H,62,70)(H,63,73)(H,64,74)(H,65,72)/t42-,43-,44-,45-,46+,47-,49-/m0/s1. The zero-order chi connectivity index (χ0) is 53.4. The number of primary amides is 1. The number of amides is 9. The lowest BCUT2D eigenvalue weighted by molar-refractivity contribution is -0.146. The number of nitrogens with two attached hydrogens (primary N) is 1. The highest BCUT2D eigenvalue weighted by Crippen LogP contribution is 2.24. The molecule has 2 saturated heterocycles. The minimum Gasteiger partial charge on any atom is -0.368 e. The van der Waals surface area contributed by atoms with Gasteiger partial charge in [-0.15, -0.1) is 0 Å². The summed E-state index contributed by atoms with van der Waals surface area (Å²) in [6.07, 6.45) is 4.75. The zero-order valence-electron chi connectivity index (χ0n) is 42.5. The van der Waals surface area contributed by atoms with Gasteiger partial charge >= 0.3 is 0 Å². The Morgan fingerprint density at radius 2 is 1.45 bits per heavy atom. The average Bonchev–Trinajstić information content (AvgIpc) is 3.82. The Bertz CT molecular complexity index is 2870. The lowest BCUT2D eigenvalue weighted by atomic mass is 9.96. The molecular formula is C56H68N10O9. The van der Waals surface area contributed by atoms with Gasteiger partial charge in [-0.25, -0.2) is 0 Å². The molecule has 7 rings (SSSR count). The number of para-hydroxylation sites is 1. The number of H-pyrrole nitrogens is 1. The third-order valence-corrected chi connectivity index (χ3v) is 13.8. The maximum atomic E-state index is 15.3. The second-order valence-corrected chi connectivity index (χ2v) is 19.4. The van der Waals surface area contributed by atoms with Crippen molar-refractivity contribution in [1.29, 1.82) is 0 Å². The number of aromatic amines is 1. The molecule has 10 N–H and O–H groups in total. The number of benzene rings is 4. The van der Waals surface area contributed by atoms with Crippen LogP contribution in [0.5, 0.6) is 0 Å². The van der Waals surface area contributed by atoms with Crippen molar-refractivity contribution in [3.05, 3.63) is 120 Å². The van der Waals surface area contributed by atoms with E-state index in [1.54, 1.807) is 36.5 Å². The van der Waals surface area contributed by atoms with Gasteiger partial charge in [0.15, 0.2) is 0 Å². The number of fused-ring (bicyclic) bond motifs is 3. The van der Waals surface area contributed by atoms with Crippen LogP contribution >= 0.6 is 0 Å². The van der Waals surface area contributed by atoms with Crippen molar-refractivity contribution in [3.63, 3.8) is 0 Å². The highest BCUT2D eigenvalue weighted by atomic mass is 16.2. The fourth-order valence-corrected chi connectivity index (χ4v) is 9.83. The van der Waals surface area contributed by atoms with Crippen LogP contribution < -0.4 is 43.0 Å². The van der Waals surface area contributed by atoms with Crippen LogP contribution in [-0.4, -0.2) is 112 Å². The van der Waals surface area contributed by atoms with Crippen LogP contribution in [0.3, 0.4) is 0 Å². The van der Waals surface area contributed by atoms with Crippen molar-refractivity contribution >= 4 is 74.8 Å². The van der Waals surface area contributed by atoms with E-state index in [9.17, 15) is 38.4 Å². The van der Waals surface area contributed by atoms with Gasteiger partial charge in [0.25, 0.3) is 0 Å². The summed E-state index contributed by atoms with van der Waals surface area (Å²) in [6, 6.07) is 20.3.